The Labute approximate surface area is 145 Å². The van der Waals surface area contributed by atoms with Gasteiger partial charge in [-0.25, -0.2) is 0 Å². The van der Waals surface area contributed by atoms with Crippen molar-refractivity contribution in [1.82, 2.24) is 4.90 Å². The van der Waals surface area contributed by atoms with Crippen LogP contribution in [0, 0.1) is 0 Å². The SMILES string of the molecule is CCC(O)OCCN(CCOC1OC1CC)CCOC1O[C@H]1CC. The number of ether oxygens (including phenoxy) is 5. The van der Waals surface area contributed by atoms with Gasteiger partial charge in [0.1, 0.15) is 12.2 Å². The average Bonchev–Trinajstić information content (AvgIpc) is 3.49. The third-order valence-electron chi connectivity index (χ3n) is 4.32. The first-order valence-corrected chi connectivity index (χ1v) is 9.24. The molecule has 4 unspecified atom stereocenters. The summed E-state index contributed by atoms with van der Waals surface area (Å²) in [7, 11) is 0. The van der Waals surface area contributed by atoms with Gasteiger partial charge >= 0.3 is 0 Å². The highest BCUT2D eigenvalue weighted by Crippen LogP contribution is 2.26. The summed E-state index contributed by atoms with van der Waals surface area (Å²) in [6.07, 6.45) is 2.37. The second kappa shape index (κ2) is 10.7. The third kappa shape index (κ3) is 7.31. The largest absolute Gasteiger partial charge is 0.368 e. The van der Waals surface area contributed by atoms with Crippen molar-refractivity contribution in [2.24, 2.45) is 0 Å². The van der Waals surface area contributed by atoms with Gasteiger partial charge in [0.2, 0.25) is 0 Å². The summed E-state index contributed by atoms with van der Waals surface area (Å²) >= 11 is 0. The van der Waals surface area contributed by atoms with E-state index in [2.05, 4.69) is 18.7 Å². The molecule has 0 saturated carbocycles. The summed E-state index contributed by atoms with van der Waals surface area (Å²) in [6.45, 7) is 10.1. The van der Waals surface area contributed by atoms with Gasteiger partial charge in [0.05, 0.1) is 19.8 Å². The normalized spacial score (nSPS) is 29.9. The van der Waals surface area contributed by atoms with E-state index in [-0.39, 0.29) is 24.8 Å². The molecule has 0 aromatic rings. The summed E-state index contributed by atoms with van der Waals surface area (Å²) in [5.41, 5.74) is 0. The van der Waals surface area contributed by atoms with Gasteiger partial charge in [0, 0.05) is 19.6 Å². The highest BCUT2D eigenvalue weighted by molar-refractivity contribution is 4.76. The van der Waals surface area contributed by atoms with Crippen molar-refractivity contribution in [3.8, 4) is 0 Å². The van der Waals surface area contributed by atoms with Gasteiger partial charge in [-0.15, -0.1) is 0 Å². The average molecular weight is 347 g/mol. The topological polar surface area (TPSA) is 76.2 Å². The maximum Gasteiger partial charge on any atom is 0.184 e. The van der Waals surface area contributed by atoms with Crippen LogP contribution in [0.1, 0.15) is 40.0 Å². The lowest BCUT2D eigenvalue weighted by atomic mass is 10.3. The Morgan fingerprint density at radius 3 is 1.79 bits per heavy atom. The van der Waals surface area contributed by atoms with E-state index in [1.54, 1.807) is 0 Å². The first kappa shape index (κ1) is 20.0. The molecule has 0 aromatic heterocycles. The molecule has 142 valence electrons. The van der Waals surface area contributed by atoms with E-state index in [0.717, 1.165) is 32.5 Å². The number of aliphatic hydroxyl groups is 1. The van der Waals surface area contributed by atoms with E-state index in [4.69, 9.17) is 23.7 Å². The number of hydrogen-bond acceptors (Lipinski definition) is 7. The van der Waals surface area contributed by atoms with E-state index < -0.39 is 6.29 Å². The molecule has 5 atom stereocenters. The zero-order valence-corrected chi connectivity index (χ0v) is 15.2. The van der Waals surface area contributed by atoms with Crippen LogP contribution in [-0.2, 0) is 23.7 Å². The van der Waals surface area contributed by atoms with Gasteiger partial charge in [0.15, 0.2) is 18.9 Å². The van der Waals surface area contributed by atoms with Crippen molar-refractivity contribution in [2.45, 2.75) is 71.1 Å². The fraction of sp³-hybridized carbons (Fsp3) is 1.00. The van der Waals surface area contributed by atoms with E-state index in [0.29, 0.717) is 26.2 Å². The lowest BCUT2D eigenvalue weighted by Gasteiger charge is -2.22. The first-order chi connectivity index (χ1) is 11.7. The van der Waals surface area contributed by atoms with Crippen LogP contribution in [0.2, 0.25) is 0 Å². The molecule has 24 heavy (non-hydrogen) atoms. The standard InChI is InChI=1S/C17H33NO6/c1-4-13-16(23-13)21-11-8-18(7-10-20-15(19)6-3)9-12-22-17-14(5-2)24-17/h13-17,19H,4-12H2,1-3H3/t13-,14?,15?,16?,17?/m0/s1. The maximum atomic E-state index is 9.47. The van der Waals surface area contributed by atoms with Gasteiger partial charge in [0.25, 0.3) is 0 Å². The molecular weight excluding hydrogens is 314 g/mol. The fourth-order valence-corrected chi connectivity index (χ4v) is 2.49. The van der Waals surface area contributed by atoms with Crippen molar-refractivity contribution < 1.29 is 28.8 Å². The van der Waals surface area contributed by atoms with Crippen LogP contribution < -0.4 is 0 Å². The molecule has 2 aliphatic rings. The van der Waals surface area contributed by atoms with Gasteiger partial charge in [-0.1, -0.05) is 20.8 Å². The molecule has 0 aliphatic carbocycles. The highest BCUT2D eigenvalue weighted by atomic mass is 16.8. The lowest BCUT2D eigenvalue weighted by molar-refractivity contribution is -0.105. The summed E-state index contributed by atoms with van der Waals surface area (Å²) < 4.78 is 27.5. The minimum absolute atomic E-state index is 0.0311. The summed E-state index contributed by atoms with van der Waals surface area (Å²) in [5, 5.41) is 9.47. The Morgan fingerprint density at radius 2 is 1.38 bits per heavy atom. The van der Waals surface area contributed by atoms with Crippen molar-refractivity contribution in [1.29, 1.82) is 0 Å². The van der Waals surface area contributed by atoms with Crippen LogP contribution in [-0.4, -0.2) is 80.5 Å². The van der Waals surface area contributed by atoms with Gasteiger partial charge in [-0.2, -0.15) is 0 Å². The van der Waals surface area contributed by atoms with E-state index in [1.165, 1.54) is 0 Å². The molecule has 7 nitrogen and oxygen atoms in total. The number of rotatable bonds is 15. The summed E-state index contributed by atoms with van der Waals surface area (Å²) in [6, 6.07) is 0. The van der Waals surface area contributed by atoms with Crippen LogP contribution in [0.3, 0.4) is 0 Å². The van der Waals surface area contributed by atoms with E-state index in [9.17, 15) is 5.11 Å². The van der Waals surface area contributed by atoms with Crippen molar-refractivity contribution >= 4 is 0 Å². The Bertz CT molecular complexity index is 321. The van der Waals surface area contributed by atoms with Gasteiger partial charge in [-0.3, -0.25) is 4.90 Å². The second-order valence-corrected chi connectivity index (χ2v) is 6.22. The number of aliphatic hydroxyl groups excluding tert-OH is 1. The molecule has 0 aromatic carbocycles. The van der Waals surface area contributed by atoms with Crippen LogP contribution in [0.25, 0.3) is 0 Å². The monoisotopic (exact) mass is 347 g/mol. The Kier molecular flexibility index (Phi) is 8.89. The Morgan fingerprint density at radius 1 is 0.875 bits per heavy atom. The lowest BCUT2D eigenvalue weighted by Crippen LogP contribution is -2.35. The zero-order chi connectivity index (χ0) is 17.4. The zero-order valence-electron chi connectivity index (χ0n) is 15.2. The van der Waals surface area contributed by atoms with Crippen molar-refractivity contribution in [3.05, 3.63) is 0 Å². The minimum atomic E-state index is -0.685. The van der Waals surface area contributed by atoms with Crippen LogP contribution in [0.15, 0.2) is 0 Å². The maximum absolute atomic E-state index is 9.47. The van der Waals surface area contributed by atoms with Crippen molar-refractivity contribution in [2.75, 3.05) is 39.5 Å². The highest BCUT2D eigenvalue weighted by Gasteiger charge is 2.38. The predicted molar refractivity (Wildman–Crippen MR) is 88.5 cm³/mol. The number of epoxide rings is 2. The number of nitrogens with zero attached hydrogens (tertiary/aromatic N) is 1. The first-order valence-electron chi connectivity index (χ1n) is 9.24. The third-order valence-corrected chi connectivity index (χ3v) is 4.32. The molecule has 2 fully saturated rings. The van der Waals surface area contributed by atoms with Gasteiger partial charge in [-0.05, 0) is 19.3 Å². The smallest absolute Gasteiger partial charge is 0.184 e. The van der Waals surface area contributed by atoms with Crippen LogP contribution >= 0.6 is 0 Å². The van der Waals surface area contributed by atoms with Crippen LogP contribution in [0.4, 0.5) is 0 Å². The molecule has 2 heterocycles. The van der Waals surface area contributed by atoms with E-state index in [1.807, 2.05) is 6.92 Å². The van der Waals surface area contributed by atoms with E-state index >= 15 is 0 Å². The second-order valence-electron chi connectivity index (χ2n) is 6.22. The Balaban J connectivity index is 1.59. The molecule has 0 bridgehead atoms. The summed E-state index contributed by atoms with van der Waals surface area (Å²) in [5.74, 6) is 0. The molecule has 2 rings (SSSR count). The number of hydrogen-bond donors (Lipinski definition) is 1. The quantitative estimate of drug-likeness (QED) is 0.354. The molecule has 0 amide bonds. The minimum Gasteiger partial charge on any atom is -0.368 e. The molecule has 2 saturated heterocycles. The van der Waals surface area contributed by atoms with Crippen LogP contribution in [0.5, 0.6) is 0 Å². The molecular formula is C17H33NO6. The molecule has 0 radical (unpaired) electrons. The predicted octanol–water partition coefficient (Wildman–Crippen LogP) is 1.34. The van der Waals surface area contributed by atoms with Crippen molar-refractivity contribution in [3.63, 3.8) is 0 Å². The molecule has 7 heteroatoms. The molecule has 0 spiro atoms. The fourth-order valence-electron chi connectivity index (χ4n) is 2.49. The summed E-state index contributed by atoms with van der Waals surface area (Å²) in [4.78, 5) is 2.22. The molecule has 2 aliphatic heterocycles. The Hall–Kier alpha value is -0.280. The van der Waals surface area contributed by atoms with Gasteiger partial charge < -0.3 is 28.8 Å². The molecule has 1 N–H and O–H groups in total.